The molecule has 0 aromatic rings. The van der Waals surface area contributed by atoms with Gasteiger partial charge in [-0.3, -0.25) is 9.59 Å². The van der Waals surface area contributed by atoms with Crippen molar-refractivity contribution in [3.8, 4) is 0 Å². The number of carbonyl (C=O) groups excluding carboxylic acids is 2. The van der Waals surface area contributed by atoms with E-state index in [1.807, 2.05) is 0 Å². The van der Waals surface area contributed by atoms with Crippen molar-refractivity contribution in [2.75, 3.05) is 19.9 Å². The Hall–Kier alpha value is -0.710. The Labute approximate surface area is 63.3 Å². The molecule has 0 rings (SSSR count). The number of ether oxygens (including phenoxy) is 1. The first-order valence-corrected chi connectivity index (χ1v) is 3.81. The topological polar surface area (TPSA) is 55.4 Å². The Morgan fingerprint density at radius 2 is 2.20 bits per heavy atom. The van der Waals surface area contributed by atoms with Crippen LogP contribution in [-0.2, 0) is 9.53 Å². The first kappa shape index (κ1) is 9.29. The molecule has 0 aliphatic heterocycles. The molecule has 0 aromatic heterocycles. The van der Waals surface area contributed by atoms with Gasteiger partial charge in [-0.2, -0.15) is 0 Å². The highest BCUT2D eigenvalue weighted by atomic mass is 32.2. The van der Waals surface area contributed by atoms with Crippen LogP contribution in [0, 0.1) is 0 Å². The predicted molar refractivity (Wildman–Crippen MR) is 38.9 cm³/mol. The molecule has 5 heteroatoms. The van der Waals surface area contributed by atoms with Gasteiger partial charge in [-0.05, 0) is 6.26 Å². The van der Waals surface area contributed by atoms with Crippen LogP contribution in [0.1, 0.15) is 0 Å². The lowest BCUT2D eigenvalue weighted by atomic mass is 10.7. The zero-order chi connectivity index (χ0) is 7.98. The average molecular weight is 163 g/mol. The largest absolute Gasteiger partial charge is 0.468 e. The number of nitrogens with one attached hydrogen (secondary N) is 1. The minimum absolute atomic E-state index is 0.0594. The number of rotatable bonds is 2. The maximum Gasteiger partial charge on any atom is 0.325 e. The summed E-state index contributed by atoms with van der Waals surface area (Å²) < 4.78 is 4.28. The number of hydrogen-bond donors (Lipinski definition) is 1. The number of thioether (sulfide) groups is 1. The molecule has 0 unspecified atom stereocenters. The van der Waals surface area contributed by atoms with Gasteiger partial charge in [-0.25, -0.2) is 0 Å². The monoisotopic (exact) mass is 163 g/mol. The van der Waals surface area contributed by atoms with E-state index in [0.29, 0.717) is 0 Å². The normalized spacial score (nSPS) is 8.60. The molecule has 58 valence electrons. The highest BCUT2D eigenvalue weighted by Crippen LogP contribution is 1.90. The third-order valence-electron chi connectivity index (χ3n) is 0.790. The molecule has 10 heavy (non-hydrogen) atoms. The molecule has 0 radical (unpaired) electrons. The van der Waals surface area contributed by atoms with Gasteiger partial charge in [-0.1, -0.05) is 11.8 Å². The predicted octanol–water partition coefficient (Wildman–Crippen LogP) is 0.232. The summed E-state index contributed by atoms with van der Waals surface area (Å²) >= 11 is 1.02. The van der Waals surface area contributed by atoms with E-state index in [9.17, 15) is 9.59 Å². The highest BCUT2D eigenvalue weighted by molar-refractivity contribution is 8.12. The minimum atomic E-state index is -0.442. The molecular weight excluding hydrogens is 154 g/mol. The highest BCUT2D eigenvalue weighted by Gasteiger charge is 2.01. The molecule has 0 saturated heterocycles. The first-order chi connectivity index (χ1) is 4.70. The summed E-state index contributed by atoms with van der Waals surface area (Å²) in [5.74, 6) is -0.442. The fourth-order valence-electron chi connectivity index (χ4n) is 0.289. The van der Waals surface area contributed by atoms with Crippen molar-refractivity contribution < 1.29 is 14.3 Å². The molecule has 0 heterocycles. The minimum Gasteiger partial charge on any atom is -0.468 e. The average Bonchev–Trinajstić information content (AvgIpc) is 1.99. The third-order valence-corrected chi connectivity index (χ3v) is 1.31. The second-order valence-corrected chi connectivity index (χ2v) is 2.20. The number of esters is 1. The molecule has 0 atom stereocenters. The number of amides is 1. The summed E-state index contributed by atoms with van der Waals surface area (Å²) in [5, 5.41) is 2.10. The van der Waals surface area contributed by atoms with Gasteiger partial charge in [0.1, 0.15) is 6.54 Å². The van der Waals surface area contributed by atoms with Crippen molar-refractivity contribution in [3.63, 3.8) is 0 Å². The van der Waals surface area contributed by atoms with Gasteiger partial charge in [0, 0.05) is 0 Å². The van der Waals surface area contributed by atoms with Gasteiger partial charge in [-0.15, -0.1) is 0 Å². The van der Waals surface area contributed by atoms with Crippen LogP contribution in [-0.4, -0.2) is 31.1 Å². The van der Waals surface area contributed by atoms with Crippen molar-refractivity contribution in [1.82, 2.24) is 5.32 Å². The Morgan fingerprint density at radius 3 is 2.60 bits per heavy atom. The van der Waals surface area contributed by atoms with Crippen LogP contribution in [0.3, 0.4) is 0 Å². The van der Waals surface area contributed by atoms with Crippen LogP contribution >= 0.6 is 11.8 Å². The molecular formula is C5H9NO3S. The van der Waals surface area contributed by atoms with Gasteiger partial charge in [0.25, 0.3) is 5.24 Å². The standard InChI is InChI=1S/C5H9NO3S/c1-9-4(7)3-6-5(8)10-2/h3H2,1-2H3,(H,6,8). The van der Waals surface area contributed by atoms with E-state index in [1.165, 1.54) is 7.11 Å². The van der Waals surface area contributed by atoms with Gasteiger partial charge in [0.05, 0.1) is 7.11 Å². The van der Waals surface area contributed by atoms with Crippen LogP contribution in [0.15, 0.2) is 0 Å². The molecule has 0 aliphatic carbocycles. The lowest BCUT2D eigenvalue weighted by molar-refractivity contribution is -0.139. The summed E-state index contributed by atoms with van der Waals surface area (Å²) in [7, 11) is 1.27. The number of carbonyl (C=O) groups is 2. The lowest BCUT2D eigenvalue weighted by Crippen LogP contribution is -2.26. The van der Waals surface area contributed by atoms with Crippen molar-refractivity contribution >= 4 is 23.0 Å². The molecule has 0 aliphatic rings. The van der Waals surface area contributed by atoms with Gasteiger partial charge < -0.3 is 10.1 Å². The van der Waals surface area contributed by atoms with Crippen LogP contribution in [0.5, 0.6) is 0 Å². The maximum absolute atomic E-state index is 10.5. The first-order valence-electron chi connectivity index (χ1n) is 2.59. The summed E-state index contributed by atoms with van der Waals surface area (Å²) in [6, 6.07) is 0. The van der Waals surface area contributed by atoms with Crippen molar-refractivity contribution in [1.29, 1.82) is 0 Å². The van der Waals surface area contributed by atoms with Gasteiger partial charge >= 0.3 is 5.97 Å². The van der Waals surface area contributed by atoms with E-state index < -0.39 is 5.97 Å². The molecule has 1 N–H and O–H groups in total. The van der Waals surface area contributed by atoms with Gasteiger partial charge in [0.15, 0.2) is 0 Å². The van der Waals surface area contributed by atoms with Crippen molar-refractivity contribution in [2.45, 2.75) is 0 Å². The molecule has 1 amide bonds. The second kappa shape index (κ2) is 5.10. The Kier molecular flexibility index (Phi) is 4.74. The summed E-state index contributed by atoms with van der Waals surface area (Å²) in [5.41, 5.74) is 0. The zero-order valence-electron chi connectivity index (χ0n) is 5.84. The molecule has 0 saturated carbocycles. The van der Waals surface area contributed by atoms with Crippen LogP contribution < -0.4 is 5.32 Å². The molecule has 0 aromatic carbocycles. The van der Waals surface area contributed by atoms with Crippen LogP contribution in [0.4, 0.5) is 4.79 Å². The number of methoxy groups -OCH3 is 1. The molecule has 0 fully saturated rings. The van der Waals surface area contributed by atoms with Crippen molar-refractivity contribution in [3.05, 3.63) is 0 Å². The van der Waals surface area contributed by atoms with E-state index in [2.05, 4.69) is 10.1 Å². The summed E-state index contributed by atoms with van der Waals surface area (Å²) in [6.07, 6.45) is 1.63. The maximum atomic E-state index is 10.5. The van der Waals surface area contributed by atoms with E-state index in [0.717, 1.165) is 11.8 Å². The molecule has 0 bridgehead atoms. The molecule has 4 nitrogen and oxygen atoms in total. The number of hydrogen-bond acceptors (Lipinski definition) is 4. The van der Waals surface area contributed by atoms with Gasteiger partial charge in [0.2, 0.25) is 0 Å². The lowest BCUT2D eigenvalue weighted by Gasteiger charge is -1.99. The van der Waals surface area contributed by atoms with E-state index in [-0.39, 0.29) is 11.8 Å². The van der Waals surface area contributed by atoms with Crippen LogP contribution in [0.25, 0.3) is 0 Å². The van der Waals surface area contributed by atoms with E-state index >= 15 is 0 Å². The fourth-order valence-corrected chi connectivity index (χ4v) is 0.505. The fraction of sp³-hybridized carbons (Fsp3) is 0.600. The smallest absolute Gasteiger partial charge is 0.325 e. The van der Waals surface area contributed by atoms with Crippen molar-refractivity contribution in [2.24, 2.45) is 0 Å². The molecule has 0 spiro atoms. The summed E-state index contributed by atoms with van der Waals surface area (Å²) in [6.45, 7) is -0.0594. The third kappa shape index (κ3) is 4.20. The quantitative estimate of drug-likeness (QED) is 0.592. The Balaban J connectivity index is 3.35. The van der Waals surface area contributed by atoms with Crippen LogP contribution in [0.2, 0.25) is 0 Å². The Bertz CT molecular complexity index is 121. The summed E-state index contributed by atoms with van der Waals surface area (Å²) in [4.78, 5) is 20.9. The van der Waals surface area contributed by atoms with E-state index in [4.69, 9.17) is 0 Å². The Morgan fingerprint density at radius 1 is 1.60 bits per heavy atom. The SMILES string of the molecule is COC(=O)CNC(=O)SC. The second-order valence-electron chi connectivity index (χ2n) is 1.42. The zero-order valence-corrected chi connectivity index (χ0v) is 6.66. The van der Waals surface area contributed by atoms with E-state index in [1.54, 1.807) is 6.26 Å².